The highest BCUT2D eigenvalue weighted by Gasteiger charge is 2.16. The molecule has 0 spiro atoms. The Kier molecular flexibility index (Phi) is 7.32. The molecule has 2 amide bonds. The summed E-state index contributed by atoms with van der Waals surface area (Å²) in [5.41, 5.74) is 2.58. The average molecular weight is 384 g/mol. The Morgan fingerprint density at radius 3 is 2.25 bits per heavy atom. The molecule has 1 N–H and O–H groups in total. The van der Waals surface area contributed by atoms with Gasteiger partial charge in [0.05, 0.1) is 0 Å². The van der Waals surface area contributed by atoms with E-state index in [1.54, 1.807) is 23.1 Å². The topological polar surface area (TPSA) is 49.4 Å². The summed E-state index contributed by atoms with van der Waals surface area (Å²) in [4.78, 5) is 25.7. The van der Waals surface area contributed by atoms with Gasteiger partial charge >= 0.3 is 0 Å². The second-order valence-electron chi connectivity index (χ2n) is 7.91. The summed E-state index contributed by atoms with van der Waals surface area (Å²) in [6.07, 6.45) is 0.626. The van der Waals surface area contributed by atoms with Crippen LogP contribution in [0.1, 0.15) is 45.2 Å². The lowest BCUT2D eigenvalue weighted by molar-refractivity contribution is -0.121. The molecule has 0 aliphatic heterocycles. The third-order valence-corrected chi connectivity index (χ3v) is 4.66. The van der Waals surface area contributed by atoms with Crippen LogP contribution < -0.4 is 10.2 Å². The lowest BCUT2D eigenvalue weighted by atomic mass is 9.87. The van der Waals surface area contributed by atoms with E-state index in [1.807, 2.05) is 24.3 Å². The van der Waals surface area contributed by atoms with Gasteiger partial charge in [-0.05, 0) is 41.2 Å². The summed E-state index contributed by atoms with van der Waals surface area (Å²) >= 11 is 0. The van der Waals surface area contributed by atoms with E-state index in [1.165, 1.54) is 18.6 Å². The number of amides is 2. The van der Waals surface area contributed by atoms with Gasteiger partial charge in [-0.25, -0.2) is 4.39 Å². The van der Waals surface area contributed by atoms with Crippen LogP contribution in [0.5, 0.6) is 0 Å². The molecule has 2 aromatic carbocycles. The molecule has 0 atom stereocenters. The van der Waals surface area contributed by atoms with E-state index in [9.17, 15) is 14.0 Å². The molecule has 28 heavy (non-hydrogen) atoms. The molecular formula is C23H29FN2O2. The zero-order chi connectivity index (χ0) is 20.7. The highest BCUT2D eigenvalue weighted by molar-refractivity contribution is 5.92. The van der Waals surface area contributed by atoms with E-state index in [0.29, 0.717) is 25.1 Å². The average Bonchev–Trinajstić information content (AvgIpc) is 2.63. The lowest BCUT2D eigenvalue weighted by Gasteiger charge is -2.23. The Morgan fingerprint density at radius 1 is 1.04 bits per heavy atom. The van der Waals surface area contributed by atoms with E-state index in [-0.39, 0.29) is 29.5 Å². The number of nitrogens with zero attached hydrogens (tertiary/aromatic N) is 1. The van der Waals surface area contributed by atoms with Crippen molar-refractivity contribution in [3.8, 4) is 0 Å². The van der Waals surface area contributed by atoms with Crippen molar-refractivity contribution in [2.45, 2.75) is 46.0 Å². The predicted molar refractivity (Wildman–Crippen MR) is 111 cm³/mol. The van der Waals surface area contributed by atoms with Crippen molar-refractivity contribution in [3.05, 3.63) is 65.5 Å². The molecule has 4 nitrogen and oxygen atoms in total. The van der Waals surface area contributed by atoms with E-state index in [0.717, 1.165) is 5.69 Å². The first-order valence-electron chi connectivity index (χ1n) is 9.57. The van der Waals surface area contributed by atoms with Gasteiger partial charge < -0.3 is 10.2 Å². The van der Waals surface area contributed by atoms with Gasteiger partial charge in [0.2, 0.25) is 11.8 Å². The third kappa shape index (κ3) is 6.19. The summed E-state index contributed by atoms with van der Waals surface area (Å²) in [6.45, 7) is 8.56. The Bertz CT molecular complexity index is 810. The second kappa shape index (κ2) is 9.49. The van der Waals surface area contributed by atoms with Crippen molar-refractivity contribution < 1.29 is 14.0 Å². The van der Waals surface area contributed by atoms with Crippen molar-refractivity contribution in [2.75, 3.05) is 18.0 Å². The number of hydrogen-bond donors (Lipinski definition) is 1. The van der Waals surface area contributed by atoms with Gasteiger partial charge in [0.1, 0.15) is 5.82 Å². The molecule has 0 aromatic heterocycles. The third-order valence-electron chi connectivity index (χ3n) is 4.66. The molecule has 0 radical (unpaired) electrons. The zero-order valence-electron chi connectivity index (χ0n) is 17.1. The summed E-state index contributed by atoms with van der Waals surface area (Å²) in [6, 6.07) is 14.4. The quantitative estimate of drug-likeness (QED) is 0.777. The minimum absolute atomic E-state index is 0.0394. The van der Waals surface area contributed by atoms with Crippen LogP contribution in [0.2, 0.25) is 0 Å². The fourth-order valence-corrected chi connectivity index (χ4v) is 2.95. The molecule has 0 aliphatic carbocycles. The maximum absolute atomic E-state index is 13.6. The minimum Gasteiger partial charge on any atom is -0.356 e. The monoisotopic (exact) mass is 384 g/mol. The molecule has 0 bridgehead atoms. The first-order valence-corrected chi connectivity index (χ1v) is 9.57. The first-order chi connectivity index (χ1) is 13.2. The first kappa shape index (κ1) is 21.6. The summed E-state index contributed by atoms with van der Waals surface area (Å²) in [5.74, 6) is -0.533. The van der Waals surface area contributed by atoms with Crippen LogP contribution in [0, 0.1) is 5.82 Å². The Morgan fingerprint density at radius 2 is 1.68 bits per heavy atom. The summed E-state index contributed by atoms with van der Waals surface area (Å²) in [7, 11) is 0. The molecule has 0 aliphatic rings. The van der Waals surface area contributed by atoms with E-state index < -0.39 is 0 Å². The Balaban J connectivity index is 1.88. The lowest BCUT2D eigenvalue weighted by Crippen LogP contribution is -2.34. The van der Waals surface area contributed by atoms with Crippen LogP contribution in [-0.4, -0.2) is 24.9 Å². The van der Waals surface area contributed by atoms with Gasteiger partial charge in [0, 0.05) is 32.1 Å². The van der Waals surface area contributed by atoms with Crippen molar-refractivity contribution >= 4 is 17.5 Å². The van der Waals surface area contributed by atoms with Crippen LogP contribution in [0.3, 0.4) is 0 Å². The van der Waals surface area contributed by atoms with E-state index in [2.05, 4.69) is 26.1 Å². The molecule has 0 heterocycles. The number of anilines is 1. The number of benzene rings is 2. The van der Waals surface area contributed by atoms with Gasteiger partial charge in [-0.3, -0.25) is 9.59 Å². The van der Waals surface area contributed by atoms with Gasteiger partial charge in [-0.1, -0.05) is 51.1 Å². The fraction of sp³-hybridized carbons (Fsp3) is 0.391. The largest absolute Gasteiger partial charge is 0.356 e. The summed E-state index contributed by atoms with van der Waals surface area (Å²) < 4.78 is 13.6. The molecule has 2 aromatic rings. The van der Waals surface area contributed by atoms with Crippen LogP contribution in [-0.2, 0) is 21.4 Å². The normalized spacial score (nSPS) is 11.2. The maximum atomic E-state index is 13.6. The van der Waals surface area contributed by atoms with Crippen molar-refractivity contribution in [3.63, 3.8) is 0 Å². The van der Waals surface area contributed by atoms with E-state index >= 15 is 0 Å². The molecule has 0 fully saturated rings. The van der Waals surface area contributed by atoms with Crippen molar-refractivity contribution in [1.29, 1.82) is 0 Å². The van der Waals surface area contributed by atoms with Crippen LogP contribution in [0.4, 0.5) is 10.1 Å². The van der Waals surface area contributed by atoms with Crippen LogP contribution >= 0.6 is 0 Å². The molecule has 150 valence electrons. The highest BCUT2D eigenvalue weighted by atomic mass is 19.1. The predicted octanol–water partition coefficient (Wildman–Crippen LogP) is 4.23. The molecule has 0 saturated heterocycles. The molecule has 5 heteroatoms. The number of carbonyl (C=O) groups excluding carboxylic acids is 2. The van der Waals surface area contributed by atoms with Crippen molar-refractivity contribution in [1.82, 2.24) is 5.32 Å². The Hall–Kier alpha value is -2.69. The van der Waals surface area contributed by atoms with Crippen LogP contribution in [0.15, 0.2) is 48.5 Å². The van der Waals surface area contributed by atoms with Gasteiger partial charge in [-0.15, -0.1) is 0 Å². The zero-order valence-corrected chi connectivity index (χ0v) is 17.1. The van der Waals surface area contributed by atoms with E-state index in [4.69, 9.17) is 0 Å². The smallest absolute Gasteiger partial charge is 0.223 e. The molecule has 0 saturated carbocycles. The number of rotatable bonds is 7. The molecule has 2 rings (SSSR count). The van der Waals surface area contributed by atoms with Gasteiger partial charge in [0.15, 0.2) is 0 Å². The minimum atomic E-state index is -0.266. The second-order valence-corrected chi connectivity index (χ2v) is 7.91. The van der Waals surface area contributed by atoms with Gasteiger partial charge in [0.25, 0.3) is 0 Å². The molecular weight excluding hydrogens is 355 g/mol. The fourth-order valence-electron chi connectivity index (χ4n) is 2.95. The highest BCUT2D eigenvalue weighted by Crippen LogP contribution is 2.25. The number of nitrogens with one attached hydrogen (secondary N) is 1. The van der Waals surface area contributed by atoms with Crippen LogP contribution in [0.25, 0.3) is 0 Å². The standard InChI is InChI=1S/C23H29FN2O2/c1-17(27)26(20-11-9-19(10-12-20)23(2,3)4)16-14-22(28)25-15-13-18-7-5-6-8-21(18)24/h5-12H,13-16H2,1-4H3,(H,25,28). The number of halogens is 1. The maximum Gasteiger partial charge on any atom is 0.223 e. The Labute approximate surface area is 166 Å². The summed E-state index contributed by atoms with van der Waals surface area (Å²) in [5, 5.41) is 2.79. The molecule has 0 unspecified atom stereocenters. The number of carbonyl (C=O) groups is 2. The number of hydrogen-bond acceptors (Lipinski definition) is 2. The van der Waals surface area contributed by atoms with Crippen molar-refractivity contribution in [2.24, 2.45) is 0 Å². The van der Waals surface area contributed by atoms with Gasteiger partial charge in [-0.2, -0.15) is 0 Å². The SMILES string of the molecule is CC(=O)N(CCC(=O)NCCc1ccccc1F)c1ccc(C(C)(C)C)cc1.